The van der Waals surface area contributed by atoms with Crippen molar-refractivity contribution in [3.63, 3.8) is 0 Å². The number of hydrogen-bond donors (Lipinski definition) is 0. The summed E-state index contributed by atoms with van der Waals surface area (Å²) in [7, 11) is 0.792. The molecule has 1 aliphatic heterocycles. The molecule has 2 rings (SSSR count). The van der Waals surface area contributed by atoms with Crippen LogP contribution in [0.25, 0.3) is 0 Å². The number of carbonyl (C=O) groups excluding carboxylic acids is 1. The van der Waals surface area contributed by atoms with Crippen LogP contribution in [0.1, 0.15) is 23.3 Å². The Morgan fingerprint density at radius 3 is 2.58 bits per heavy atom. The molecule has 0 radical (unpaired) electrons. The van der Waals surface area contributed by atoms with Gasteiger partial charge in [-0.05, 0) is 45.6 Å². The van der Waals surface area contributed by atoms with Crippen molar-refractivity contribution in [2.45, 2.75) is 18.9 Å². The van der Waals surface area contributed by atoms with E-state index in [4.69, 9.17) is 23.2 Å². The normalized spacial score (nSPS) is 19.6. The van der Waals surface area contributed by atoms with Gasteiger partial charge < -0.3 is 9.80 Å². The summed E-state index contributed by atoms with van der Waals surface area (Å²) >= 11 is 12.0. The van der Waals surface area contributed by atoms with Crippen molar-refractivity contribution in [2.24, 2.45) is 0 Å². The van der Waals surface area contributed by atoms with Gasteiger partial charge in [-0.1, -0.05) is 23.2 Å². The number of aromatic nitrogens is 1. The number of nitrogens with zero attached hydrogens (tertiary/aromatic N) is 3. The molecule has 2 heterocycles. The molecule has 0 saturated carbocycles. The first-order valence-corrected chi connectivity index (χ1v) is 10.3. The van der Waals surface area contributed by atoms with Crippen LogP contribution in [0.5, 0.6) is 0 Å². The van der Waals surface area contributed by atoms with E-state index in [0.717, 1.165) is 13.0 Å². The Hall–Kier alpha value is -0.890. The lowest BCUT2D eigenvalue weighted by Crippen LogP contribution is -2.43. The van der Waals surface area contributed by atoms with Crippen LogP contribution >= 0.6 is 23.2 Å². The monoisotopic (exact) mass is 393 g/mol. The maximum atomic E-state index is 12.9. The van der Waals surface area contributed by atoms with Crippen LogP contribution in [0.3, 0.4) is 0 Å². The molecule has 1 fully saturated rings. The van der Waals surface area contributed by atoms with E-state index in [1.807, 2.05) is 19.0 Å². The van der Waals surface area contributed by atoms with Crippen LogP contribution in [-0.2, 0) is 9.84 Å². The lowest BCUT2D eigenvalue weighted by atomic mass is 10.2. The minimum atomic E-state index is -3.10. The first-order chi connectivity index (χ1) is 11.2. The zero-order valence-electron chi connectivity index (χ0n) is 13.7. The van der Waals surface area contributed by atoms with E-state index in [-0.39, 0.29) is 39.3 Å². The Kier molecular flexibility index (Phi) is 6.47. The molecule has 1 unspecified atom stereocenters. The predicted molar refractivity (Wildman–Crippen MR) is 95.5 cm³/mol. The molecule has 1 amide bonds. The highest BCUT2D eigenvalue weighted by Gasteiger charge is 2.35. The summed E-state index contributed by atoms with van der Waals surface area (Å²) in [5.41, 5.74) is 0.0679. The molecule has 1 atom stereocenters. The summed E-state index contributed by atoms with van der Waals surface area (Å²) in [5, 5.41) is 0.387. The van der Waals surface area contributed by atoms with Crippen LogP contribution in [-0.4, -0.2) is 73.8 Å². The maximum Gasteiger partial charge on any atom is 0.274 e. The smallest absolute Gasteiger partial charge is 0.274 e. The molecule has 6 nitrogen and oxygen atoms in total. The fourth-order valence-corrected chi connectivity index (χ4v) is 4.80. The highest BCUT2D eigenvalue weighted by atomic mass is 35.5. The third-order valence-electron chi connectivity index (χ3n) is 3.93. The van der Waals surface area contributed by atoms with E-state index in [1.54, 1.807) is 4.90 Å². The van der Waals surface area contributed by atoms with Crippen molar-refractivity contribution < 1.29 is 13.2 Å². The van der Waals surface area contributed by atoms with Gasteiger partial charge in [-0.2, -0.15) is 0 Å². The molecule has 1 aromatic rings. The van der Waals surface area contributed by atoms with Crippen LogP contribution < -0.4 is 0 Å². The summed E-state index contributed by atoms with van der Waals surface area (Å²) in [6.07, 6.45) is 1.17. The number of pyridine rings is 1. The lowest BCUT2D eigenvalue weighted by Gasteiger charge is -2.28. The minimum absolute atomic E-state index is 0.0150. The highest BCUT2D eigenvalue weighted by molar-refractivity contribution is 7.91. The van der Waals surface area contributed by atoms with Crippen LogP contribution in [0.15, 0.2) is 12.1 Å². The van der Waals surface area contributed by atoms with Crippen molar-refractivity contribution in [3.05, 3.63) is 28.0 Å². The number of amides is 1. The van der Waals surface area contributed by atoms with E-state index in [9.17, 15) is 13.2 Å². The van der Waals surface area contributed by atoms with Gasteiger partial charge in [0, 0.05) is 12.6 Å². The standard InChI is InChI=1S/C15H21Cl2N3O3S/c1-19(2)7-3-8-20(11-6-9-24(22,23)10-11)15(21)14-12(16)4-5-13(17)18-14/h4-5,11H,3,6-10H2,1-2H3. The molecule has 0 N–H and O–H groups in total. The predicted octanol–water partition coefficient (Wildman–Crippen LogP) is 1.97. The van der Waals surface area contributed by atoms with Gasteiger partial charge in [-0.3, -0.25) is 4.79 Å². The van der Waals surface area contributed by atoms with Gasteiger partial charge in [-0.15, -0.1) is 0 Å². The van der Waals surface area contributed by atoms with Crippen molar-refractivity contribution in [1.82, 2.24) is 14.8 Å². The number of carbonyl (C=O) groups is 1. The average Bonchev–Trinajstić information content (AvgIpc) is 2.85. The summed E-state index contributed by atoms with van der Waals surface area (Å²) in [6, 6.07) is 2.69. The molecule has 1 aromatic heterocycles. The van der Waals surface area contributed by atoms with E-state index in [1.165, 1.54) is 12.1 Å². The van der Waals surface area contributed by atoms with Gasteiger partial charge in [0.2, 0.25) is 0 Å². The Morgan fingerprint density at radius 1 is 1.29 bits per heavy atom. The fraction of sp³-hybridized carbons (Fsp3) is 0.600. The molecular weight excluding hydrogens is 373 g/mol. The number of rotatable bonds is 6. The first kappa shape index (κ1) is 19.4. The molecule has 0 bridgehead atoms. The molecule has 9 heteroatoms. The van der Waals surface area contributed by atoms with Crippen LogP contribution in [0, 0.1) is 0 Å². The van der Waals surface area contributed by atoms with Gasteiger partial charge in [0.1, 0.15) is 10.8 Å². The number of halogens is 2. The second kappa shape index (κ2) is 7.99. The minimum Gasteiger partial charge on any atom is -0.333 e. The van der Waals surface area contributed by atoms with Crippen LogP contribution in [0.4, 0.5) is 0 Å². The lowest BCUT2D eigenvalue weighted by molar-refractivity contribution is 0.0684. The molecule has 134 valence electrons. The number of sulfone groups is 1. The van der Waals surface area contributed by atoms with Crippen molar-refractivity contribution in [1.29, 1.82) is 0 Å². The van der Waals surface area contributed by atoms with Gasteiger partial charge in [0.15, 0.2) is 9.84 Å². The zero-order valence-corrected chi connectivity index (χ0v) is 16.0. The molecule has 24 heavy (non-hydrogen) atoms. The van der Waals surface area contributed by atoms with Crippen molar-refractivity contribution in [3.8, 4) is 0 Å². The molecule has 0 aliphatic carbocycles. The Bertz CT molecular complexity index is 710. The van der Waals surface area contributed by atoms with Crippen molar-refractivity contribution in [2.75, 3.05) is 38.7 Å². The largest absolute Gasteiger partial charge is 0.333 e. The molecule has 0 spiro atoms. The third kappa shape index (κ3) is 5.05. The van der Waals surface area contributed by atoms with E-state index < -0.39 is 9.84 Å². The van der Waals surface area contributed by atoms with Gasteiger partial charge in [0.25, 0.3) is 5.91 Å². The van der Waals surface area contributed by atoms with E-state index in [0.29, 0.717) is 13.0 Å². The summed E-state index contributed by atoms with van der Waals surface area (Å²) < 4.78 is 23.6. The second-order valence-corrected chi connectivity index (χ2v) is 9.20. The topological polar surface area (TPSA) is 70.6 Å². The molecule has 1 aliphatic rings. The summed E-state index contributed by atoms with van der Waals surface area (Å²) in [6.45, 7) is 1.24. The van der Waals surface area contributed by atoms with Gasteiger partial charge in [-0.25, -0.2) is 13.4 Å². The quantitative estimate of drug-likeness (QED) is 0.690. The fourth-order valence-electron chi connectivity index (χ4n) is 2.73. The molecule has 1 saturated heterocycles. The third-order valence-corrected chi connectivity index (χ3v) is 6.19. The average molecular weight is 394 g/mol. The SMILES string of the molecule is CN(C)CCCN(C(=O)c1nc(Cl)ccc1Cl)C1CCS(=O)(=O)C1. The van der Waals surface area contributed by atoms with E-state index >= 15 is 0 Å². The Morgan fingerprint density at radius 2 is 2.00 bits per heavy atom. The Balaban J connectivity index is 2.24. The first-order valence-electron chi connectivity index (χ1n) is 7.68. The summed E-state index contributed by atoms with van der Waals surface area (Å²) in [4.78, 5) is 20.5. The highest BCUT2D eigenvalue weighted by Crippen LogP contribution is 2.23. The summed E-state index contributed by atoms with van der Waals surface area (Å²) in [5.74, 6) is -0.284. The second-order valence-electron chi connectivity index (χ2n) is 6.18. The zero-order chi connectivity index (χ0) is 17.9. The van der Waals surface area contributed by atoms with Gasteiger partial charge in [0.05, 0.1) is 16.5 Å². The Labute approximate surface area is 152 Å². The molecule has 0 aromatic carbocycles. The molecular formula is C15H21Cl2N3O3S. The van der Waals surface area contributed by atoms with Gasteiger partial charge >= 0.3 is 0 Å². The van der Waals surface area contributed by atoms with Crippen LogP contribution in [0.2, 0.25) is 10.2 Å². The maximum absolute atomic E-state index is 12.9. The van der Waals surface area contributed by atoms with Crippen molar-refractivity contribution >= 4 is 38.9 Å². The number of hydrogen-bond acceptors (Lipinski definition) is 5. The van der Waals surface area contributed by atoms with E-state index in [2.05, 4.69) is 4.98 Å².